The van der Waals surface area contributed by atoms with Gasteiger partial charge in [-0.3, -0.25) is 15.7 Å². The first kappa shape index (κ1) is 18.2. The molecule has 0 saturated heterocycles. The molecule has 1 aromatic carbocycles. The highest BCUT2D eigenvalue weighted by Crippen LogP contribution is 2.39. The number of nitrogens with one attached hydrogen (secondary N) is 3. The molecule has 0 bridgehead atoms. The van der Waals surface area contributed by atoms with Gasteiger partial charge >= 0.3 is 0 Å². The Kier molecular flexibility index (Phi) is 5.06. The number of hydrogen-bond acceptors (Lipinski definition) is 5. The molecular weight excluding hydrogens is 370 g/mol. The summed E-state index contributed by atoms with van der Waals surface area (Å²) in [4.78, 5) is 9.59. The molecule has 1 aliphatic heterocycles. The van der Waals surface area contributed by atoms with E-state index in [-0.39, 0.29) is 12.4 Å². The van der Waals surface area contributed by atoms with Crippen molar-refractivity contribution in [2.45, 2.75) is 20.0 Å². The molecule has 0 amide bonds. The van der Waals surface area contributed by atoms with E-state index in [2.05, 4.69) is 33.9 Å². The fourth-order valence-corrected chi connectivity index (χ4v) is 4.40. The van der Waals surface area contributed by atoms with E-state index in [4.69, 9.17) is 15.6 Å². The van der Waals surface area contributed by atoms with E-state index in [9.17, 15) is 0 Å². The Morgan fingerprint density at radius 2 is 2.11 bits per heavy atom. The van der Waals surface area contributed by atoms with E-state index in [1.807, 2.05) is 18.2 Å². The van der Waals surface area contributed by atoms with Crippen LogP contribution >= 0.6 is 11.3 Å². The van der Waals surface area contributed by atoms with Gasteiger partial charge in [0.1, 0.15) is 29.0 Å². The molecule has 3 N–H and O–H groups in total. The van der Waals surface area contributed by atoms with Crippen LogP contribution in [-0.4, -0.2) is 28.2 Å². The molecule has 4 rings (SSSR count). The Hall–Kier alpha value is -3.21. The van der Waals surface area contributed by atoms with Gasteiger partial charge < -0.3 is 9.72 Å². The predicted octanol–water partition coefficient (Wildman–Crippen LogP) is 3.77. The fourth-order valence-electron chi connectivity index (χ4n) is 3.14. The second kappa shape index (κ2) is 7.80. The minimum Gasteiger partial charge on any atom is -0.369 e. The lowest BCUT2D eigenvalue weighted by atomic mass is 10.0. The zero-order valence-electron chi connectivity index (χ0n) is 15.4. The van der Waals surface area contributed by atoms with Gasteiger partial charge in [-0.25, -0.2) is 4.98 Å². The van der Waals surface area contributed by atoms with Crippen molar-refractivity contribution in [3.8, 4) is 11.8 Å². The van der Waals surface area contributed by atoms with Crippen molar-refractivity contribution in [2.75, 3.05) is 11.5 Å². The van der Waals surface area contributed by atoms with Crippen molar-refractivity contribution >= 4 is 28.0 Å². The second-order valence-corrected chi connectivity index (χ2v) is 7.43. The summed E-state index contributed by atoms with van der Waals surface area (Å²) >= 11 is 1.51. The van der Waals surface area contributed by atoms with Crippen LogP contribution in [-0.2, 0) is 17.8 Å². The van der Waals surface area contributed by atoms with Crippen LogP contribution in [0.2, 0.25) is 0 Å². The quantitative estimate of drug-likeness (QED) is 0.354. The lowest BCUT2D eigenvalue weighted by Crippen LogP contribution is -2.35. The molecular formula is C21H19N5OS. The number of anilines is 1. The lowest BCUT2D eigenvalue weighted by Gasteiger charge is -2.20. The van der Waals surface area contributed by atoms with Gasteiger partial charge in [0.25, 0.3) is 0 Å². The monoisotopic (exact) mass is 389 g/mol. The number of aromatic amines is 1. The fraction of sp³-hybridized carbons (Fsp3) is 0.190. The van der Waals surface area contributed by atoms with Crippen LogP contribution in [0, 0.1) is 22.7 Å². The first-order valence-corrected chi connectivity index (χ1v) is 9.64. The Morgan fingerprint density at radius 1 is 1.29 bits per heavy atom. The number of nitrogens with zero attached hydrogens (tertiary/aromatic N) is 2. The van der Waals surface area contributed by atoms with Gasteiger partial charge in [0.2, 0.25) is 0 Å². The van der Waals surface area contributed by atoms with Crippen LogP contribution in [0.1, 0.15) is 34.2 Å². The van der Waals surface area contributed by atoms with Crippen molar-refractivity contribution in [1.82, 2.24) is 9.97 Å². The normalized spacial score (nSPS) is 13.5. The average Bonchev–Trinajstić information content (AvgIpc) is 3.27. The Morgan fingerprint density at radius 3 is 2.82 bits per heavy atom. The molecule has 6 nitrogen and oxygen atoms in total. The van der Waals surface area contributed by atoms with Gasteiger partial charge in [-0.15, -0.1) is 11.3 Å². The maximum atomic E-state index is 8.28. The van der Waals surface area contributed by atoms with Crippen molar-refractivity contribution in [3.63, 3.8) is 0 Å². The number of benzene rings is 1. The van der Waals surface area contributed by atoms with E-state index in [1.165, 1.54) is 16.9 Å². The molecule has 0 fully saturated rings. The summed E-state index contributed by atoms with van der Waals surface area (Å²) in [6.45, 7) is 2.29. The smallest absolute Gasteiger partial charge is 0.133 e. The first-order valence-electron chi connectivity index (χ1n) is 8.83. The molecule has 3 heterocycles. The number of imidazole rings is 1. The molecule has 3 aromatic rings. The molecule has 0 unspecified atom stereocenters. The zero-order valence-corrected chi connectivity index (χ0v) is 16.2. The first-order chi connectivity index (χ1) is 13.6. The van der Waals surface area contributed by atoms with Gasteiger partial charge in [0, 0.05) is 5.56 Å². The number of hydrogen-bond donors (Lipinski definition) is 3. The Balaban J connectivity index is 1.84. The molecule has 140 valence electrons. The molecule has 0 atom stereocenters. The van der Waals surface area contributed by atoms with E-state index >= 15 is 0 Å². The summed E-state index contributed by atoms with van der Waals surface area (Å²) in [6, 6.07) is 10.2. The average molecular weight is 389 g/mol. The predicted molar refractivity (Wildman–Crippen MR) is 111 cm³/mol. The molecule has 28 heavy (non-hydrogen) atoms. The van der Waals surface area contributed by atoms with Gasteiger partial charge in [0.15, 0.2) is 0 Å². The van der Waals surface area contributed by atoms with Gasteiger partial charge in [-0.05, 0) is 36.3 Å². The Bertz CT molecular complexity index is 1070. The van der Waals surface area contributed by atoms with E-state index in [1.54, 1.807) is 24.3 Å². The summed E-state index contributed by atoms with van der Waals surface area (Å²) in [7, 11) is 0. The summed E-state index contributed by atoms with van der Waals surface area (Å²) in [5.41, 5.74) is 4.04. The van der Waals surface area contributed by atoms with Gasteiger partial charge in [0.05, 0.1) is 24.0 Å². The second-order valence-electron chi connectivity index (χ2n) is 6.43. The molecule has 0 radical (unpaired) electrons. The zero-order chi connectivity index (χ0) is 19.5. The molecule has 1 aliphatic rings. The number of aromatic nitrogens is 2. The third-order valence-corrected chi connectivity index (χ3v) is 5.60. The topological polar surface area (TPSA) is 88.8 Å². The summed E-state index contributed by atoms with van der Waals surface area (Å²) < 4.78 is 5.74. The van der Waals surface area contributed by atoms with Crippen molar-refractivity contribution < 1.29 is 4.74 Å². The maximum absolute atomic E-state index is 8.28. The SMILES string of the molecule is CC(=N)N1C(=N)COCc2c1sc(C#Cc1cnc[nH]1)c2Cc1ccccc1. The van der Waals surface area contributed by atoms with Gasteiger partial charge in [-0.2, -0.15) is 0 Å². The van der Waals surface area contributed by atoms with Crippen LogP contribution in [0.5, 0.6) is 0 Å². The van der Waals surface area contributed by atoms with Crippen LogP contribution in [0.25, 0.3) is 0 Å². The maximum Gasteiger partial charge on any atom is 0.133 e. The minimum absolute atomic E-state index is 0.192. The largest absolute Gasteiger partial charge is 0.369 e. The van der Waals surface area contributed by atoms with Crippen LogP contribution in [0.4, 0.5) is 5.00 Å². The third kappa shape index (κ3) is 3.60. The van der Waals surface area contributed by atoms with Crippen LogP contribution < -0.4 is 4.90 Å². The summed E-state index contributed by atoms with van der Waals surface area (Å²) in [6.07, 6.45) is 4.02. The number of rotatable bonds is 2. The Labute approximate surface area is 167 Å². The van der Waals surface area contributed by atoms with Crippen molar-refractivity contribution in [3.05, 3.63) is 70.1 Å². The minimum atomic E-state index is 0.192. The highest BCUT2D eigenvalue weighted by atomic mass is 32.1. The highest BCUT2D eigenvalue weighted by molar-refractivity contribution is 7.17. The summed E-state index contributed by atoms with van der Waals surface area (Å²) in [5.74, 6) is 6.96. The molecule has 0 spiro atoms. The van der Waals surface area contributed by atoms with E-state index in [0.717, 1.165) is 33.1 Å². The van der Waals surface area contributed by atoms with E-state index < -0.39 is 0 Å². The molecule has 0 saturated carbocycles. The van der Waals surface area contributed by atoms with Gasteiger partial charge in [-0.1, -0.05) is 30.3 Å². The number of fused-ring (bicyclic) bond motifs is 1. The van der Waals surface area contributed by atoms with Crippen molar-refractivity contribution in [1.29, 1.82) is 10.8 Å². The van der Waals surface area contributed by atoms with Crippen LogP contribution in [0.15, 0.2) is 42.9 Å². The highest BCUT2D eigenvalue weighted by Gasteiger charge is 2.28. The van der Waals surface area contributed by atoms with Crippen molar-refractivity contribution in [2.24, 2.45) is 0 Å². The molecule has 0 aliphatic carbocycles. The third-order valence-electron chi connectivity index (χ3n) is 4.42. The van der Waals surface area contributed by atoms with Crippen LogP contribution in [0.3, 0.4) is 0 Å². The van der Waals surface area contributed by atoms with E-state index in [0.29, 0.717) is 12.4 Å². The summed E-state index contributed by atoms with van der Waals surface area (Å²) in [5, 5.41) is 17.3. The number of ether oxygens (including phenoxy) is 1. The number of amidine groups is 2. The number of thiophene rings is 1. The lowest BCUT2D eigenvalue weighted by molar-refractivity contribution is 0.159. The molecule has 7 heteroatoms. The standard InChI is InChI=1S/C21H19N5OS/c1-14(22)26-20(23)12-27-11-18-17(9-15-5-3-2-4-6-15)19(28-21(18)26)8-7-16-10-24-13-25-16/h2-6,10,13,22-23H,9,11-12H2,1H3,(H,24,25). The molecule has 2 aromatic heterocycles. The number of H-pyrrole nitrogens is 1.